The van der Waals surface area contributed by atoms with Crippen molar-refractivity contribution < 1.29 is 34.1 Å². The minimum Gasteiger partial charge on any atom is -0.480 e. The fraction of sp³-hybridized carbons (Fsp3) is 0.721. The number of hydrogen-bond donors (Lipinski definition) is 4. The summed E-state index contributed by atoms with van der Waals surface area (Å²) in [5.74, 6) is -2.37. The normalized spacial score (nSPS) is 13.0. The van der Waals surface area contributed by atoms with E-state index >= 15 is 0 Å². The molecule has 4 N–H and O–H groups in total. The van der Waals surface area contributed by atoms with Gasteiger partial charge in [0.2, 0.25) is 11.8 Å². The third-order valence-electron chi connectivity index (χ3n) is 8.79. The number of carbonyl (C=O) groups is 4. The number of nitrogens with one attached hydrogen (secondary N) is 2. The molecule has 0 bridgehead atoms. The van der Waals surface area contributed by atoms with Crippen molar-refractivity contribution in [2.45, 2.75) is 187 Å². The lowest BCUT2D eigenvalue weighted by atomic mass is 10.1. The van der Waals surface area contributed by atoms with Crippen molar-refractivity contribution in [1.29, 1.82) is 0 Å². The number of esters is 1. The standard InChI is InChI=1S/C43H74N2O7/c1-3-5-7-9-11-13-14-15-16-17-18-19-21-27-31-35-42(49)52-38(32-28-24-20-12-10-8-6-4-2)33-29-25-22-23-26-30-34-40(47)44-36-41(48)45-39(37-46)43(50)51/h6,8,12,15-16,20,28,32,38-39,46H,3-5,7,9-11,13-14,17-19,21-27,29-31,33-37H2,1-2H3,(H,44,47)(H,45,48)(H,50,51)/b8-6-,16-15-,20-12-,32-28-. The van der Waals surface area contributed by atoms with Crippen molar-refractivity contribution in [3.05, 3.63) is 48.6 Å². The fourth-order valence-electron chi connectivity index (χ4n) is 5.64. The molecular formula is C43H74N2O7. The molecule has 2 amide bonds. The van der Waals surface area contributed by atoms with E-state index in [-0.39, 0.29) is 24.5 Å². The summed E-state index contributed by atoms with van der Waals surface area (Å²) in [4.78, 5) is 47.3. The average Bonchev–Trinajstić information content (AvgIpc) is 3.13. The van der Waals surface area contributed by atoms with Gasteiger partial charge in [0.15, 0.2) is 0 Å². The predicted molar refractivity (Wildman–Crippen MR) is 213 cm³/mol. The highest BCUT2D eigenvalue weighted by atomic mass is 16.5. The van der Waals surface area contributed by atoms with Crippen molar-refractivity contribution in [1.82, 2.24) is 10.6 Å². The number of rotatable bonds is 36. The number of carboxylic acid groups (broad SMARTS) is 1. The van der Waals surface area contributed by atoms with E-state index in [0.29, 0.717) is 19.3 Å². The van der Waals surface area contributed by atoms with Crippen LogP contribution in [0.1, 0.15) is 174 Å². The van der Waals surface area contributed by atoms with Crippen LogP contribution in [0.3, 0.4) is 0 Å². The van der Waals surface area contributed by atoms with E-state index in [4.69, 9.17) is 14.9 Å². The van der Waals surface area contributed by atoms with Gasteiger partial charge < -0.3 is 25.6 Å². The van der Waals surface area contributed by atoms with E-state index in [1.54, 1.807) is 0 Å². The number of aliphatic hydroxyl groups excluding tert-OH is 1. The lowest BCUT2D eigenvalue weighted by Gasteiger charge is -2.14. The molecule has 9 heteroatoms. The van der Waals surface area contributed by atoms with Gasteiger partial charge in [-0.3, -0.25) is 14.4 Å². The third kappa shape index (κ3) is 33.9. The number of carbonyl (C=O) groups excluding carboxylic acids is 3. The predicted octanol–water partition coefficient (Wildman–Crippen LogP) is 9.59. The molecule has 0 aromatic carbocycles. The van der Waals surface area contributed by atoms with Gasteiger partial charge in [-0.15, -0.1) is 0 Å². The highest BCUT2D eigenvalue weighted by Gasteiger charge is 2.18. The molecule has 0 fully saturated rings. The first-order valence-corrected chi connectivity index (χ1v) is 20.5. The zero-order valence-electron chi connectivity index (χ0n) is 32.8. The van der Waals surface area contributed by atoms with Crippen LogP contribution in [-0.2, 0) is 23.9 Å². The van der Waals surface area contributed by atoms with Crippen LogP contribution in [0.2, 0.25) is 0 Å². The summed E-state index contributed by atoms with van der Waals surface area (Å²) in [6, 6.07) is -1.38. The summed E-state index contributed by atoms with van der Waals surface area (Å²) < 4.78 is 5.90. The largest absolute Gasteiger partial charge is 0.480 e. The molecule has 0 aromatic heterocycles. The van der Waals surface area contributed by atoms with Crippen molar-refractivity contribution in [3.63, 3.8) is 0 Å². The van der Waals surface area contributed by atoms with Crippen LogP contribution >= 0.6 is 0 Å². The SMILES string of the molecule is CC/C=C\C/C=C\C/C=C\C(CCCCCCCCC(=O)NCC(=O)NC(CO)C(=O)O)OC(=O)CCCCCCC/C=C\CCCCCCCC. The number of allylic oxidation sites excluding steroid dienone is 7. The minimum atomic E-state index is -1.38. The molecule has 2 unspecified atom stereocenters. The van der Waals surface area contributed by atoms with E-state index in [1.165, 1.54) is 57.8 Å². The van der Waals surface area contributed by atoms with Gasteiger partial charge in [-0.2, -0.15) is 0 Å². The second-order valence-electron chi connectivity index (χ2n) is 13.7. The summed E-state index contributed by atoms with van der Waals surface area (Å²) in [7, 11) is 0. The molecule has 9 nitrogen and oxygen atoms in total. The quantitative estimate of drug-likeness (QED) is 0.0286. The van der Waals surface area contributed by atoms with E-state index in [0.717, 1.165) is 83.5 Å². The van der Waals surface area contributed by atoms with Crippen molar-refractivity contribution in [2.75, 3.05) is 13.2 Å². The van der Waals surface area contributed by atoms with E-state index in [2.05, 4.69) is 67.0 Å². The lowest BCUT2D eigenvalue weighted by molar-refractivity contribution is -0.147. The van der Waals surface area contributed by atoms with Crippen LogP contribution in [0.4, 0.5) is 0 Å². The molecule has 0 aromatic rings. The van der Waals surface area contributed by atoms with E-state index in [9.17, 15) is 19.2 Å². The third-order valence-corrected chi connectivity index (χ3v) is 8.79. The van der Waals surface area contributed by atoms with Crippen molar-refractivity contribution in [2.24, 2.45) is 0 Å². The smallest absolute Gasteiger partial charge is 0.328 e. The number of unbranched alkanes of at least 4 members (excludes halogenated alkanes) is 16. The van der Waals surface area contributed by atoms with Crippen LogP contribution in [0.5, 0.6) is 0 Å². The fourth-order valence-corrected chi connectivity index (χ4v) is 5.64. The van der Waals surface area contributed by atoms with Gasteiger partial charge in [-0.25, -0.2) is 4.79 Å². The topological polar surface area (TPSA) is 142 Å². The van der Waals surface area contributed by atoms with Gasteiger partial charge in [0.1, 0.15) is 12.1 Å². The molecule has 0 saturated carbocycles. The maximum atomic E-state index is 12.7. The average molecular weight is 731 g/mol. The maximum absolute atomic E-state index is 12.7. The number of hydrogen-bond acceptors (Lipinski definition) is 6. The highest BCUT2D eigenvalue weighted by molar-refractivity contribution is 5.87. The van der Waals surface area contributed by atoms with Gasteiger partial charge in [0.25, 0.3) is 0 Å². The molecule has 298 valence electrons. The van der Waals surface area contributed by atoms with Crippen LogP contribution < -0.4 is 10.6 Å². The second-order valence-corrected chi connectivity index (χ2v) is 13.7. The van der Waals surface area contributed by atoms with Gasteiger partial charge in [-0.1, -0.05) is 133 Å². The molecule has 0 heterocycles. The Kier molecular flexibility index (Phi) is 35.2. The molecular weight excluding hydrogens is 656 g/mol. The van der Waals surface area contributed by atoms with Crippen LogP contribution in [0.25, 0.3) is 0 Å². The van der Waals surface area contributed by atoms with Crippen LogP contribution in [-0.4, -0.2) is 59.3 Å². The summed E-state index contributed by atoms with van der Waals surface area (Å²) in [5.41, 5.74) is 0. The van der Waals surface area contributed by atoms with Crippen molar-refractivity contribution in [3.8, 4) is 0 Å². The van der Waals surface area contributed by atoms with Gasteiger partial charge in [0.05, 0.1) is 13.2 Å². The maximum Gasteiger partial charge on any atom is 0.328 e. The van der Waals surface area contributed by atoms with Gasteiger partial charge in [-0.05, 0) is 76.7 Å². The second kappa shape index (κ2) is 37.6. The monoisotopic (exact) mass is 731 g/mol. The number of carboxylic acids is 1. The minimum absolute atomic E-state index is 0.113. The Bertz CT molecular complexity index is 1020. The number of amides is 2. The van der Waals surface area contributed by atoms with Crippen molar-refractivity contribution >= 4 is 23.8 Å². The number of aliphatic hydroxyl groups is 1. The molecule has 2 atom stereocenters. The zero-order chi connectivity index (χ0) is 38.3. The number of aliphatic carboxylic acids is 1. The molecule has 52 heavy (non-hydrogen) atoms. The Balaban J connectivity index is 4.28. The van der Waals surface area contributed by atoms with Gasteiger partial charge in [0, 0.05) is 12.8 Å². The number of ether oxygens (including phenoxy) is 1. The van der Waals surface area contributed by atoms with E-state index in [1.807, 2.05) is 6.08 Å². The Morgan fingerprint density at radius 2 is 1.15 bits per heavy atom. The summed E-state index contributed by atoms with van der Waals surface area (Å²) in [6.07, 6.45) is 43.1. The molecule has 0 aliphatic heterocycles. The molecule has 0 rings (SSSR count). The molecule has 0 spiro atoms. The molecule has 0 radical (unpaired) electrons. The Hall–Kier alpha value is -3.20. The van der Waals surface area contributed by atoms with E-state index < -0.39 is 24.5 Å². The first kappa shape index (κ1) is 48.8. The summed E-state index contributed by atoms with van der Waals surface area (Å²) >= 11 is 0. The lowest BCUT2D eigenvalue weighted by Crippen LogP contribution is -2.47. The Labute approximate surface area is 316 Å². The first-order chi connectivity index (χ1) is 25.3. The summed E-state index contributed by atoms with van der Waals surface area (Å²) in [5, 5.41) is 22.5. The Morgan fingerprint density at radius 3 is 1.75 bits per heavy atom. The van der Waals surface area contributed by atoms with Crippen LogP contribution in [0, 0.1) is 0 Å². The Morgan fingerprint density at radius 1 is 0.615 bits per heavy atom. The molecule has 0 aliphatic carbocycles. The van der Waals surface area contributed by atoms with Crippen LogP contribution in [0.15, 0.2) is 48.6 Å². The first-order valence-electron chi connectivity index (χ1n) is 20.5. The highest BCUT2D eigenvalue weighted by Crippen LogP contribution is 2.15. The van der Waals surface area contributed by atoms with Gasteiger partial charge >= 0.3 is 11.9 Å². The molecule has 0 saturated heterocycles. The zero-order valence-corrected chi connectivity index (χ0v) is 32.8. The molecule has 0 aliphatic rings. The summed E-state index contributed by atoms with van der Waals surface area (Å²) in [6.45, 7) is 3.34.